The molecule has 5 N–H and O–H groups in total. The van der Waals surface area contributed by atoms with Crippen molar-refractivity contribution in [3.63, 3.8) is 0 Å². The Labute approximate surface area is 123 Å². The van der Waals surface area contributed by atoms with Gasteiger partial charge in [-0.2, -0.15) is 0 Å². The van der Waals surface area contributed by atoms with Crippen molar-refractivity contribution in [2.75, 3.05) is 38.5 Å². The van der Waals surface area contributed by atoms with Crippen LogP contribution in [0.3, 0.4) is 0 Å². The summed E-state index contributed by atoms with van der Waals surface area (Å²) in [7, 11) is 0. The highest BCUT2D eigenvalue weighted by molar-refractivity contribution is 5.98. The fourth-order valence-corrected chi connectivity index (χ4v) is 2.46. The standard InChI is InChI=1S/C14H20N4O3/c15-11-4-1-3-10(13(11)20)14(21)18-6-2-5-17(7-8-18)9-12(16)19/h1,3-4,20H,2,5-9,15H2,(H2,16,19). The third-order valence-electron chi connectivity index (χ3n) is 3.55. The highest BCUT2D eigenvalue weighted by Crippen LogP contribution is 2.25. The predicted octanol–water partition coefficient (Wildman–Crippen LogP) is -0.392. The largest absolute Gasteiger partial charge is 0.505 e. The zero-order chi connectivity index (χ0) is 15.4. The van der Waals surface area contributed by atoms with Crippen LogP contribution in [0, 0.1) is 0 Å². The molecule has 1 aliphatic rings. The van der Waals surface area contributed by atoms with E-state index in [4.69, 9.17) is 11.5 Å². The van der Waals surface area contributed by atoms with Crippen LogP contribution in [0.1, 0.15) is 16.8 Å². The fourth-order valence-electron chi connectivity index (χ4n) is 2.46. The topological polar surface area (TPSA) is 113 Å². The van der Waals surface area contributed by atoms with E-state index in [0.717, 1.165) is 13.0 Å². The first-order valence-electron chi connectivity index (χ1n) is 6.86. The molecule has 0 radical (unpaired) electrons. The Morgan fingerprint density at radius 3 is 2.67 bits per heavy atom. The Balaban J connectivity index is 2.06. The molecule has 2 amide bonds. The summed E-state index contributed by atoms with van der Waals surface area (Å²) in [6.07, 6.45) is 0.752. The van der Waals surface area contributed by atoms with E-state index < -0.39 is 0 Å². The molecule has 0 unspecified atom stereocenters. The minimum atomic E-state index is -0.372. The number of carbonyl (C=O) groups excluding carboxylic acids is 2. The molecule has 0 atom stereocenters. The summed E-state index contributed by atoms with van der Waals surface area (Å²) in [5.41, 5.74) is 11.2. The van der Waals surface area contributed by atoms with E-state index in [9.17, 15) is 14.7 Å². The average molecular weight is 292 g/mol. The Hall–Kier alpha value is -2.28. The van der Waals surface area contributed by atoms with E-state index in [0.29, 0.717) is 19.6 Å². The van der Waals surface area contributed by atoms with Crippen molar-refractivity contribution >= 4 is 17.5 Å². The Morgan fingerprint density at radius 1 is 1.19 bits per heavy atom. The molecule has 0 bridgehead atoms. The average Bonchev–Trinajstić information content (AvgIpc) is 2.66. The van der Waals surface area contributed by atoms with E-state index in [1.165, 1.54) is 0 Å². The second-order valence-electron chi connectivity index (χ2n) is 5.13. The second kappa shape index (κ2) is 6.45. The molecule has 1 aromatic rings. The predicted molar refractivity (Wildman–Crippen MR) is 78.7 cm³/mol. The number of nitrogen functional groups attached to an aromatic ring is 1. The molecule has 1 aromatic carbocycles. The first-order valence-corrected chi connectivity index (χ1v) is 6.86. The minimum Gasteiger partial charge on any atom is -0.505 e. The number of hydrogen-bond acceptors (Lipinski definition) is 5. The number of primary amides is 1. The SMILES string of the molecule is NC(=O)CN1CCCN(C(=O)c2cccc(N)c2O)CC1. The van der Waals surface area contributed by atoms with Crippen LogP contribution in [0.5, 0.6) is 5.75 Å². The minimum absolute atomic E-state index is 0.180. The van der Waals surface area contributed by atoms with Crippen LogP contribution in [0.15, 0.2) is 18.2 Å². The molecule has 0 spiro atoms. The number of rotatable bonds is 3. The molecule has 7 nitrogen and oxygen atoms in total. The van der Waals surface area contributed by atoms with Crippen LogP contribution in [0.2, 0.25) is 0 Å². The summed E-state index contributed by atoms with van der Waals surface area (Å²) in [6, 6.07) is 4.74. The lowest BCUT2D eigenvalue weighted by atomic mass is 10.1. The first kappa shape index (κ1) is 15.1. The van der Waals surface area contributed by atoms with Crippen molar-refractivity contribution in [3.05, 3.63) is 23.8 Å². The molecule has 7 heteroatoms. The van der Waals surface area contributed by atoms with Gasteiger partial charge in [0, 0.05) is 26.2 Å². The van der Waals surface area contributed by atoms with Crippen LogP contribution in [-0.2, 0) is 4.79 Å². The maximum atomic E-state index is 12.5. The van der Waals surface area contributed by atoms with Gasteiger partial charge in [-0.3, -0.25) is 14.5 Å². The lowest BCUT2D eigenvalue weighted by Gasteiger charge is -2.22. The summed E-state index contributed by atoms with van der Waals surface area (Å²) in [4.78, 5) is 27.0. The lowest BCUT2D eigenvalue weighted by Crippen LogP contribution is -2.38. The molecule has 1 fully saturated rings. The molecule has 1 saturated heterocycles. The van der Waals surface area contributed by atoms with Gasteiger partial charge in [-0.15, -0.1) is 0 Å². The summed E-state index contributed by atoms with van der Waals surface area (Å²) in [5, 5.41) is 9.90. The number of phenols is 1. The normalized spacial score (nSPS) is 16.5. The van der Waals surface area contributed by atoms with E-state index in [1.807, 2.05) is 4.90 Å². The van der Waals surface area contributed by atoms with E-state index in [1.54, 1.807) is 23.1 Å². The van der Waals surface area contributed by atoms with E-state index in [-0.39, 0.29) is 35.4 Å². The van der Waals surface area contributed by atoms with E-state index in [2.05, 4.69) is 0 Å². The van der Waals surface area contributed by atoms with Crippen molar-refractivity contribution in [3.8, 4) is 5.75 Å². The number of phenolic OH excluding ortho intramolecular Hbond substituents is 1. The van der Waals surface area contributed by atoms with Gasteiger partial charge in [-0.25, -0.2) is 0 Å². The van der Waals surface area contributed by atoms with Gasteiger partial charge in [0.2, 0.25) is 5.91 Å². The molecular weight excluding hydrogens is 272 g/mol. The Kier molecular flexibility index (Phi) is 4.64. The number of aromatic hydroxyl groups is 1. The molecular formula is C14H20N4O3. The monoisotopic (exact) mass is 292 g/mol. The third-order valence-corrected chi connectivity index (χ3v) is 3.55. The Bertz CT molecular complexity index is 547. The maximum absolute atomic E-state index is 12.5. The number of nitrogens with zero attached hydrogens (tertiary/aromatic N) is 2. The van der Waals surface area contributed by atoms with Crippen LogP contribution in [-0.4, -0.2) is 59.4 Å². The van der Waals surface area contributed by atoms with Gasteiger partial charge in [0.05, 0.1) is 17.8 Å². The third kappa shape index (κ3) is 3.63. The van der Waals surface area contributed by atoms with Crippen molar-refractivity contribution in [2.45, 2.75) is 6.42 Å². The molecule has 1 aliphatic heterocycles. The fraction of sp³-hybridized carbons (Fsp3) is 0.429. The molecule has 0 aromatic heterocycles. The van der Waals surface area contributed by atoms with Gasteiger partial charge in [-0.05, 0) is 18.6 Å². The van der Waals surface area contributed by atoms with Gasteiger partial charge < -0.3 is 21.5 Å². The van der Waals surface area contributed by atoms with Gasteiger partial charge in [0.1, 0.15) is 0 Å². The van der Waals surface area contributed by atoms with Gasteiger partial charge >= 0.3 is 0 Å². The second-order valence-corrected chi connectivity index (χ2v) is 5.13. The van der Waals surface area contributed by atoms with E-state index >= 15 is 0 Å². The summed E-state index contributed by atoms with van der Waals surface area (Å²) >= 11 is 0. The molecule has 1 heterocycles. The first-order chi connectivity index (χ1) is 9.99. The van der Waals surface area contributed by atoms with Crippen LogP contribution >= 0.6 is 0 Å². The summed E-state index contributed by atoms with van der Waals surface area (Å²) in [6.45, 7) is 2.56. The smallest absolute Gasteiger partial charge is 0.257 e. The highest BCUT2D eigenvalue weighted by atomic mass is 16.3. The molecule has 2 rings (SSSR count). The van der Waals surface area contributed by atoms with Crippen LogP contribution in [0.4, 0.5) is 5.69 Å². The highest BCUT2D eigenvalue weighted by Gasteiger charge is 2.23. The van der Waals surface area contributed by atoms with Crippen molar-refractivity contribution < 1.29 is 14.7 Å². The molecule has 114 valence electrons. The Morgan fingerprint density at radius 2 is 1.95 bits per heavy atom. The number of benzene rings is 1. The zero-order valence-corrected chi connectivity index (χ0v) is 11.8. The summed E-state index contributed by atoms with van der Waals surface area (Å²) < 4.78 is 0. The molecule has 0 saturated carbocycles. The van der Waals surface area contributed by atoms with Crippen molar-refractivity contribution in [1.29, 1.82) is 0 Å². The maximum Gasteiger partial charge on any atom is 0.257 e. The van der Waals surface area contributed by atoms with Crippen LogP contribution in [0.25, 0.3) is 0 Å². The number of hydrogen-bond donors (Lipinski definition) is 3. The van der Waals surface area contributed by atoms with Crippen molar-refractivity contribution in [2.24, 2.45) is 5.73 Å². The summed E-state index contributed by atoms with van der Waals surface area (Å²) in [5.74, 6) is -0.801. The number of anilines is 1. The number of para-hydroxylation sites is 1. The number of carbonyl (C=O) groups is 2. The van der Waals surface area contributed by atoms with Gasteiger partial charge in [-0.1, -0.05) is 6.07 Å². The zero-order valence-electron chi connectivity index (χ0n) is 11.8. The lowest BCUT2D eigenvalue weighted by molar-refractivity contribution is -0.119. The van der Waals surface area contributed by atoms with Crippen molar-refractivity contribution in [1.82, 2.24) is 9.80 Å². The van der Waals surface area contributed by atoms with Crippen LogP contribution < -0.4 is 11.5 Å². The molecule has 0 aliphatic carbocycles. The number of amides is 2. The number of nitrogens with two attached hydrogens (primary N) is 2. The van der Waals surface area contributed by atoms with Gasteiger partial charge in [0.15, 0.2) is 5.75 Å². The quantitative estimate of drug-likeness (QED) is 0.518. The molecule has 21 heavy (non-hydrogen) atoms. The van der Waals surface area contributed by atoms with Gasteiger partial charge in [0.25, 0.3) is 5.91 Å².